The van der Waals surface area contributed by atoms with Gasteiger partial charge in [0, 0.05) is 12.1 Å². The average Bonchev–Trinajstić information content (AvgIpc) is 3.17. The number of sulfonamides is 1. The molecule has 0 bridgehead atoms. The van der Waals surface area contributed by atoms with E-state index in [1.807, 2.05) is 0 Å². The second-order valence-electron chi connectivity index (χ2n) is 7.30. The van der Waals surface area contributed by atoms with Crippen LogP contribution in [0.15, 0.2) is 47.4 Å². The molecule has 0 saturated heterocycles. The SMILES string of the molecule is Cc1ccc(NC(=O)CCC2CCCC2)cc1S(=O)(=O)Nc1ccccc1Cl. The van der Waals surface area contributed by atoms with Gasteiger partial charge in [-0.05, 0) is 49.1 Å². The van der Waals surface area contributed by atoms with Gasteiger partial charge in [0.1, 0.15) is 0 Å². The Hall–Kier alpha value is -2.05. The lowest BCUT2D eigenvalue weighted by molar-refractivity contribution is -0.116. The van der Waals surface area contributed by atoms with Gasteiger partial charge in [0.15, 0.2) is 0 Å². The Labute approximate surface area is 171 Å². The predicted molar refractivity (Wildman–Crippen MR) is 113 cm³/mol. The van der Waals surface area contributed by atoms with Crippen molar-refractivity contribution in [3.8, 4) is 0 Å². The molecule has 7 heteroatoms. The maximum atomic E-state index is 12.8. The highest BCUT2D eigenvalue weighted by Gasteiger charge is 2.20. The molecule has 1 fully saturated rings. The fraction of sp³-hybridized carbons (Fsp3) is 0.381. The molecular weight excluding hydrogens is 396 g/mol. The normalized spacial score (nSPS) is 14.8. The number of carbonyl (C=O) groups excluding carboxylic acids is 1. The lowest BCUT2D eigenvalue weighted by atomic mass is 10.0. The van der Waals surface area contributed by atoms with Crippen LogP contribution in [0.25, 0.3) is 0 Å². The van der Waals surface area contributed by atoms with Gasteiger partial charge < -0.3 is 5.32 Å². The Morgan fingerprint density at radius 2 is 1.86 bits per heavy atom. The zero-order valence-corrected chi connectivity index (χ0v) is 17.4. The van der Waals surface area contributed by atoms with Crippen LogP contribution >= 0.6 is 11.6 Å². The van der Waals surface area contributed by atoms with E-state index in [-0.39, 0.29) is 10.8 Å². The third-order valence-corrected chi connectivity index (χ3v) is 6.97. The average molecular weight is 421 g/mol. The van der Waals surface area contributed by atoms with Crippen molar-refractivity contribution in [2.45, 2.75) is 50.3 Å². The molecule has 1 aliphatic carbocycles. The van der Waals surface area contributed by atoms with Crippen LogP contribution in [0.2, 0.25) is 5.02 Å². The molecule has 2 N–H and O–H groups in total. The van der Waals surface area contributed by atoms with Gasteiger partial charge in [-0.25, -0.2) is 8.42 Å². The van der Waals surface area contributed by atoms with Gasteiger partial charge in [0.25, 0.3) is 10.0 Å². The van der Waals surface area contributed by atoms with Gasteiger partial charge >= 0.3 is 0 Å². The topological polar surface area (TPSA) is 75.3 Å². The first-order chi connectivity index (χ1) is 13.3. The summed E-state index contributed by atoms with van der Waals surface area (Å²) in [6.45, 7) is 1.72. The van der Waals surface area contributed by atoms with E-state index in [4.69, 9.17) is 11.6 Å². The second kappa shape index (κ2) is 8.97. The van der Waals surface area contributed by atoms with Crippen LogP contribution in [0.3, 0.4) is 0 Å². The first kappa shape index (κ1) is 20.7. The molecule has 28 heavy (non-hydrogen) atoms. The van der Waals surface area contributed by atoms with Gasteiger partial charge in [-0.1, -0.05) is 55.5 Å². The van der Waals surface area contributed by atoms with Crippen molar-refractivity contribution < 1.29 is 13.2 Å². The van der Waals surface area contributed by atoms with E-state index in [1.165, 1.54) is 31.7 Å². The monoisotopic (exact) mass is 420 g/mol. The van der Waals surface area contributed by atoms with Gasteiger partial charge in [0.05, 0.1) is 15.6 Å². The molecular formula is C21H25ClN2O3S. The molecule has 0 spiro atoms. The van der Waals surface area contributed by atoms with Crippen LogP contribution in [-0.2, 0) is 14.8 Å². The van der Waals surface area contributed by atoms with E-state index in [1.54, 1.807) is 43.3 Å². The summed E-state index contributed by atoms with van der Waals surface area (Å²) >= 11 is 6.06. The predicted octanol–water partition coefficient (Wildman–Crippen LogP) is 5.36. The fourth-order valence-electron chi connectivity index (χ4n) is 3.57. The van der Waals surface area contributed by atoms with Gasteiger partial charge in [-0.2, -0.15) is 0 Å². The first-order valence-corrected chi connectivity index (χ1v) is 11.4. The number of anilines is 2. The molecule has 150 valence electrons. The summed E-state index contributed by atoms with van der Waals surface area (Å²) in [6, 6.07) is 11.6. The zero-order valence-electron chi connectivity index (χ0n) is 15.9. The Bertz CT molecular complexity index is 954. The Kier molecular flexibility index (Phi) is 6.62. The van der Waals surface area contributed by atoms with Crippen LogP contribution < -0.4 is 10.0 Å². The van der Waals surface area contributed by atoms with Crippen molar-refractivity contribution in [2.75, 3.05) is 10.0 Å². The molecule has 0 aromatic heterocycles. The molecule has 3 rings (SSSR count). The Morgan fingerprint density at radius 3 is 2.57 bits per heavy atom. The lowest BCUT2D eigenvalue weighted by Gasteiger charge is -2.14. The summed E-state index contributed by atoms with van der Waals surface area (Å²) in [5.41, 5.74) is 1.37. The molecule has 0 radical (unpaired) electrons. The van der Waals surface area contributed by atoms with E-state index in [0.717, 1.165) is 6.42 Å². The van der Waals surface area contributed by atoms with E-state index in [2.05, 4.69) is 10.0 Å². The third-order valence-electron chi connectivity index (χ3n) is 5.13. The van der Waals surface area contributed by atoms with Crippen LogP contribution in [0.4, 0.5) is 11.4 Å². The highest BCUT2D eigenvalue weighted by atomic mass is 35.5. The number of rotatable bonds is 7. The summed E-state index contributed by atoms with van der Waals surface area (Å²) in [5, 5.41) is 3.14. The van der Waals surface area contributed by atoms with E-state index in [9.17, 15) is 13.2 Å². The Balaban J connectivity index is 1.71. The third kappa shape index (κ3) is 5.26. The highest BCUT2D eigenvalue weighted by molar-refractivity contribution is 7.92. The maximum Gasteiger partial charge on any atom is 0.262 e. The van der Waals surface area contributed by atoms with Crippen molar-refractivity contribution in [2.24, 2.45) is 5.92 Å². The van der Waals surface area contributed by atoms with Crippen LogP contribution in [0.1, 0.15) is 44.1 Å². The number of halogens is 1. The number of hydrogen-bond acceptors (Lipinski definition) is 3. The van der Waals surface area contributed by atoms with Crippen molar-refractivity contribution in [3.05, 3.63) is 53.1 Å². The van der Waals surface area contributed by atoms with E-state index < -0.39 is 10.0 Å². The van der Waals surface area contributed by atoms with Crippen molar-refractivity contribution in [1.29, 1.82) is 0 Å². The number of hydrogen-bond donors (Lipinski definition) is 2. The lowest BCUT2D eigenvalue weighted by Crippen LogP contribution is -2.16. The molecule has 5 nitrogen and oxygen atoms in total. The number of amides is 1. The minimum absolute atomic E-state index is 0.0850. The summed E-state index contributed by atoms with van der Waals surface area (Å²) in [5.74, 6) is 0.553. The van der Waals surface area contributed by atoms with Crippen molar-refractivity contribution in [3.63, 3.8) is 0 Å². The Morgan fingerprint density at radius 1 is 1.14 bits per heavy atom. The van der Waals surface area contributed by atoms with Crippen LogP contribution in [-0.4, -0.2) is 14.3 Å². The largest absolute Gasteiger partial charge is 0.326 e. The minimum Gasteiger partial charge on any atom is -0.326 e. The van der Waals surface area contributed by atoms with E-state index in [0.29, 0.717) is 34.3 Å². The van der Waals surface area contributed by atoms with Gasteiger partial charge in [-0.3, -0.25) is 9.52 Å². The number of para-hydroxylation sites is 1. The smallest absolute Gasteiger partial charge is 0.262 e. The summed E-state index contributed by atoms with van der Waals surface area (Å²) < 4.78 is 28.2. The second-order valence-corrected chi connectivity index (χ2v) is 9.36. The zero-order chi connectivity index (χ0) is 20.1. The summed E-state index contributed by atoms with van der Waals surface area (Å²) in [4.78, 5) is 12.4. The van der Waals surface area contributed by atoms with Crippen molar-refractivity contribution >= 4 is 38.9 Å². The quantitative estimate of drug-likeness (QED) is 0.633. The van der Waals surface area contributed by atoms with E-state index >= 15 is 0 Å². The van der Waals surface area contributed by atoms with Crippen LogP contribution in [0.5, 0.6) is 0 Å². The van der Waals surface area contributed by atoms with Crippen LogP contribution in [0, 0.1) is 12.8 Å². The highest BCUT2D eigenvalue weighted by Crippen LogP contribution is 2.29. The van der Waals surface area contributed by atoms with Gasteiger partial charge in [0.2, 0.25) is 5.91 Å². The molecule has 0 atom stereocenters. The number of benzene rings is 2. The number of nitrogens with one attached hydrogen (secondary N) is 2. The molecule has 0 heterocycles. The molecule has 1 amide bonds. The minimum atomic E-state index is -3.84. The summed E-state index contributed by atoms with van der Waals surface area (Å²) in [6.07, 6.45) is 6.26. The summed E-state index contributed by atoms with van der Waals surface area (Å²) in [7, 11) is -3.84. The molecule has 1 aliphatic rings. The first-order valence-electron chi connectivity index (χ1n) is 9.53. The molecule has 0 aliphatic heterocycles. The number of carbonyl (C=O) groups is 1. The standard InChI is InChI=1S/C21H25ClN2O3S/c1-15-10-12-17(23-21(25)13-11-16-6-2-3-7-16)14-20(15)28(26,27)24-19-9-5-4-8-18(19)22/h4-5,8-10,12,14,16,24H,2-3,6-7,11,13H2,1H3,(H,23,25). The van der Waals surface area contributed by atoms with Crippen molar-refractivity contribution in [1.82, 2.24) is 0 Å². The van der Waals surface area contributed by atoms with Gasteiger partial charge in [-0.15, -0.1) is 0 Å². The fourth-order valence-corrected chi connectivity index (χ4v) is 5.16. The molecule has 2 aromatic rings. The molecule has 2 aromatic carbocycles. The maximum absolute atomic E-state index is 12.8. The molecule has 0 unspecified atom stereocenters. The number of aryl methyl sites for hydroxylation is 1. The molecule has 1 saturated carbocycles.